The fourth-order valence-corrected chi connectivity index (χ4v) is 3.93. The lowest BCUT2D eigenvalue weighted by atomic mass is 9.93. The van der Waals surface area contributed by atoms with Gasteiger partial charge in [0.15, 0.2) is 0 Å². The number of nitriles is 1. The van der Waals surface area contributed by atoms with Crippen molar-refractivity contribution in [2.45, 2.75) is 13.0 Å². The predicted molar refractivity (Wildman–Crippen MR) is 122 cm³/mol. The van der Waals surface area contributed by atoms with E-state index in [0.717, 1.165) is 5.56 Å². The third kappa shape index (κ3) is 3.99. The Morgan fingerprint density at radius 3 is 2.47 bits per heavy atom. The number of carbonyl (C=O) groups is 1. The van der Waals surface area contributed by atoms with Gasteiger partial charge in [0.25, 0.3) is 11.5 Å². The molecule has 2 aromatic carbocycles. The maximum Gasteiger partial charge on any atom is 0.295 e. The maximum absolute atomic E-state index is 13.0. The summed E-state index contributed by atoms with van der Waals surface area (Å²) in [7, 11) is 1.75. The average molecular weight is 428 g/mol. The molecule has 3 aromatic rings. The van der Waals surface area contributed by atoms with E-state index in [4.69, 9.17) is 0 Å². The molecular formula is C24H24N6O2. The zero-order valence-corrected chi connectivity index (χ0v) is 17.9. The SMILES string of the molecule is Cc1c(NC(=O)/C(C#N)=C/C2CNNC2c2ccccc2)c(=O)n(-c2ccccc2)n1C. The van der Waals surface area contributed by atoms with Crippen LogP contribution in [0.1, 0.15) is 17.3 Å². The summed E-state index contributed by atoms with van der Waals surface area (Å²) in [6, 6.07) is 20.9. The number of hydrogen-bond acceptors (Lipinski definition) is 5. The Morgan fingerprint density at radius 2 is 1.81 bits per heavy atom. The first-order valence-corrected chi connectivity index (χ1v) is 10.3. The van der Waals surface area contributed by atoms with Crippen LogP contribution in [0.2, 0.25) is 0 Å². The fraction of sp³-hybridized carbons (Fsp3) is 0.208. The number of nitrogens with zero attached hydrogens (tertiary/aromatic N) is 3. The molecule has 162 valence electrons. The van der Waals surface area contributed by atoms with E-state index in [1.807, 2.05) is 66.7 Å². The third-order valence-electron chi connectivity index (χ3n) is 5.72. The molecule has 2 atom stereocenters. The van der Waals surface area contributed by atoms with E-state index < -0.39 is 5.91 Å². The Bertz CT molecular complexity index is 1250. The lowest BCUT2D eigenvalue weighted by Gasteiger charge is -2.16. The Hall–Kier alpha value is -3.93. The van der Waals surface area contributed by atoms with Crippen LogP contribution in [0.3, 0.4) is 0 Å². The van der Waals surface area contributed by atoms with E-state index in [0.29, 0.717) is 17.9 Å². The van der Waals surface area contributed by atoms with Crippen LogP contribution in [-0.2, 0) is 11.8 Å². The highest BCUT2D eigenvalue weighted by molar-refractivity contribution is 6.06. The van der Waals surface area contributed by atoms with Gasteiger partial charge in [0.2, 0.25) is 0 Å². The number of aromatic nitrogens is 2. The molecule has 1 fully saturated rings. The summed E-state index contributed by atoms with van der Waals surface area (Å²) in [4.78, 5) is 26.0. The minimum atomic E-state index is -0.600. The van der Waals surface area contributed by atoms with Crippen molar-refractivity contribution in [2.24, 2.45) is 13.0 Å². The van der Waals surface area contributed by atoms with Gasteiger partial charge >= 0.3 is 0 Å². The number of nitrogens with one attached hydrogen (secondary N) is 3. The van der Waals surface area contributed by atoms with Crippen LogP contribution >= 0.6 is 0 Å². The van der Waals surface area contributed by atoms with Crippen LogP contribution in [0.25, 0.3) is 5.69 Å². The molecule has 0 aliphatic carbocycles. The molecular weight excluding hydrogens is 404 g/mol. The lowest BCUT2D eigenvalue weighted by Crippen LogP contribution is -2.25. The molecule has 4 rings (SSSR count). The van der Waals surface area contributed by atoms with Gasteiger partial charge in [-0.3, -0.25) is 19.7 Å². The lowest BCUT2D eigenvalue weighted by molar-refractivity contribution is -0.112. The number of rotatable bonds is 5. The second-order valence-electron chi connectivity index (χ2n) is 7.66. The number of amides is 1. The van der Waals surface area contributed by atoms with Crippen molar-refractivity contribution in [2.75, 3.05) is 11.9 Å². The molecule has 1 aromatic heterocycles. The number of benzene rings is 2. The second kappa shape index (κ2) is 9.06. The summed E-state index contributed by atoms with van der Waals surface area (Å²) in [6.07, 6.45) is 1.66. The van der Waals surface area contributed by atoms with Crippen LogP contribution < -0.4 is 21.7 Å². The Labute approximate surface area is 185 Å². The molecule has 8 heteroatoms. The van der Waals surface area contributed by atoms with E-state index in [1.165, 1.54) is 4.68 Å². The molecule has 1 aliphatic rings. The molecule has 8 nitrogen and oxygen atoms in total. The highest BCUT2D eigenvalue weighted by atomic mass is 16.2. The third-order valence-corrected chi connectivity index (χ3v) is 5.72. The van der Waals surface area contributed by atoms with Gasteiger partial charge < -0.3 is 5.32 Å². The number of hydrogen-bond donors (Lipinski definition) is 3. The zero-order chi connectivity index (χ0) is 22.7. The molecule has 0 radical (unpaired) electrons. The minimum Gasteiger partial charge on any atom is -0.315 e. The molecule has 0 spiro atoms. The van der Waals surface area contributed by atoms with E-state index in [1.54, 1.807) is 24.7 Å². The molecule has 2 heterocycles. The molecule has 3 N–H and O–H groups in total. The van der Waals surface area contributed by atoms with Crippen molar-refractivity contribution in [3.63, 3.8) is 0 Å². The second-order valence-corrected chi connectivity index (χ2v) is 7.66. The van der Waals surface area contributed by atoms with Gasteiger partial charge in [-0.1, -0.05) is 54.6 Å². The van der Waals surface area contributed by atoms with Crippen LogP contribution in [0.5, 0.6) is 0 Å². The van der Waals surface area contributed by atoms with Gasteiger partial charge in [-0.25, -0.2) is 10.1 Å². The zero-order valence-electron chi connectivity index (χ0n) is 17.9. The molecule has 1 saturated heterocycles. The molecule has 1 amide bonds. The fourth-order valence-electron chi connectivity index (χ4n) is 3.93. The molecule has 0 bridgehead atoms. The van der Waals surface area contributed by atoms with Crippen molar-refractivity contribution in [3.05, 3.63) is 93.9 Å². The molecule has 2 unspecified atom stereocenters. The van der Waals surface area contributed by atoms with Gasteiger partial charge in [0.1, 0.15) is 17.3 Å². The summed E-state index contributed by atoms with van der Waals surface area (Å²) in [6.45, 7) is 2.33. The van der Waals surface area contributed by atoms with Gasteiger partial charge in [0.05, 0.1) is 17.4 Å². The monoisotopic (exact) mass is 428 g/mol. The van der Waals surface area contributed by atoms with E-state index in [2.05, 4.69) is 16.2 Å². The van der Waals surface area contributed by atoms with Crippen LogP contribution in [0, 0.1) is 24.2 Å². The normalized spacial score (nSPS) is 18.3. The van der Waals surface area contributed by atoms with Crippen molar-refractivity contribution in [1.82, 2.24) is 20.2 Å². The van der Waals surface area contributed by atoms with Crippen LogP contribution in [0.15, 0.2) is 77.1 Å². The summed E-state index contributed by atoms with van der Waals surface area (Å²) >= 11 is 0. The number of anilines is 1. The first kappa shape index (κ1) is 21.3. The summed E-state index contributed by atoms with van der Waals surface area (Å²) in [5.41, 5.74) is 8.40. The average Bonchev–Trinajstić information content (AvgIpc) is 3.37. The van der Waals surface area contributed by atoms with E-state index in [-0.39, 0.29) is 28.8 Å². The van der Waals surface area contributed by atoms with E-state index >= 15 is 0 Å². The Morgan fingerprint density at radius 1 is 1.16 bits per heavy atom. The summed E-state index contributed by atoms with van der Waals surface area (Å²) < 4.78 is 3.16. The van der Waals surface area contributed by atoms with Gasteiger partial charge in [-0.05, 0) is 24.6 Å². The van der Waals surface area contributed by atoms with Crippen LogP contribution in [-0.4, -0.2) is 21.8 Å². The van der Waals surface area contributed by atoms with Crippen LogP contribution in [0.4, 0.5) is 5.69 Å². The first-order valence-electron chi connectivity index (χ1n) is 10.3. The number of para-hydroxylation sites is 1. The Balaban J connectivity index is 1.61. The van der Waals surface area contributed by atoms with Crippen molar-refractivity contribution < 1.29 is 4.79 Å². The Kier molecular flexibility index (Phi) is 6.03. The smallest absolute Gasteiger partial charge is 0.295 e. The molecule has 1 aliphatic heterocycles. The van der Waals surface area contributed by atoms with Crippen molar-refractivity contribution in [3.8, 4) is 11.8 Å². The summed E-state index contributed by atoms with van der Waals surface area (Å²) in [5.74, 6) is -0.701. The minimum absolute atomic E-state index is 0.0321. The summed E-state index contributed by atoms with van der Waals surface area (Å²) in [5, 5.41) is 12.3. The highest BCUT2D eigenvalue weighted by Crippen LogP contribution is 2.27. The quantitative estimate of drug-likeness (QED) is 0.428. The number of hydrazine groups is 1. The molecule has 0 saturated carbocycles. The maximum atomic E-state index is 13.0. The van der Waals surface area contributed by atoms with E-state index in [9.17, 15) is 14.9 Å². The standard InChI is InChI=1S/C24H24N6O2/c1-16-21(24(32)30(29(16)2)20-11-7-4-8-12-20)27-23(31)18(14-25)13-19-15-26-28-22(19)17-9-5-3-6-10-17/h3-13,19,22,26,28H,15H2,1-2H3,(H,27,31)/b18-13+. The highest BCUT2D eigenvalue weighted by Gasteiger charge is 2.28. The van der Waals surface area contributed by atoms with Crippen molar-refractivity contribution >= 4 is 11.6 Å². The van der Waals surface area contributed by atoms with Gasteiger partial charge in [-0.2, -0.15) is 5.26 Å². The van der Waals surface area contributed by atoms with Gasteiger partial charge in [-0.15, -0.1) is 0 Å². The molecule has 32 heavy (non-hydrogen) atoms. The number of carbonyl (C=O) groups excluding carboxylic acids is 1. The topological polar surface area (TPSA) is 104 Å². The predicted octanol–water partition coefficient (Wildman–Crippen LogP) is 2.34. The largest absolute Gasteiger partial charge is 0.315 e. The first-order chi connectivity index (χ1) is 15.5. The van der Waals surface area contributed by atoms with Gasteiger partial charge in [0, 0.05) is 19.5 Å². The van der Waals surface area contributed by atoms with Crippen molar-refractivity contribution in [1.29, 1.82) is 5.26 Å².